The normalized spacial score (nSPS) is 26.2. The Morgan fingerprint density at radius 1 is 1.75 bits per heavy atom. The molecule has 0 saturated carbocycles. The molecule has 0 amide bonds. The average Bonchev–Trinajstić information content (AvgIpc) is 2.12. The molecule has 1 nitrogen and oxygen atoms in total. The molecular formula is C5H11NS2. The lowest BCUT2D eigenvalue weighted by Crippen LogP contribution is -2.25. The fourth-order valence-electron chi connectivity index (χ4n) is 0.723. The van der Waals surface area contributed by atoms with Gasteiger partial charge in [0, 0.05) is 18.2 Å². The molecule has 1 fully saturated rings. The largest absolute Gasteiger partial charge is 0.282 e. The summed E-state index contributed by atoms with van der Waals surface area (Å²) in [6.45, 7) is 3.34. The standard InChI is InChI=1S/C5H11NS2/c1-5(7)6-2-3-8-4-6/h5,7H,2-4H2,1H3. The van der Waals surface area contributed by atoms with Crippen LogP contribution in [-0.4, -0.2) is 28.4 Å². The van der Waals surface area contributed by atoms with E-state index in [1.807, 2.05) is 11.8 Å². The quantitative estimate of drug-likeness (QED) is 0.559. The van der Waals surface area contributed by atoms with Crippen LogP contribution in [0.25, 0.3) is 0 Å². The van der Waals surface area contributed by atoms with Crippen LogP contribution in [0.1, 0.15) is 6.92 Å². The summed E-state index contributed by atoms with van der Waals surface area (Å²) in [6, 6.07) is 0. The fourth-order valence-corrected chi connectivity index (χ4v) is 2.11. The van der Waals surface area contributed by atoms with E-state index in [4.69, 9.17) is 0 Å². The number of nitrogens with zero attached hydrogens (tertiary/aromatic N) is 1. The van der Waals surface area contributed by atoms with Gasteiger partial charge in [0.1, 0.15) is 0 Å². The van der Waals surface area contributed by atoms with Crippen molar-refractivity contribution in [3.63, 3.8) is 0 Å². The van der Waals surface area contributed by atoms with E-state index in [1.54, 1.807) is 0 Å². The molecule has 1 heterocycles. The zero-order valence-corrected chi connectivity index (χ0v) is 6.71. The monoisotopic (exact) mass is 149 g/mol. The zero-order valence-electron chi connectivity index (χ0n) is 5.00. The van der Waals surface area contributed by atoms with Crippen molar-refractivity contribution in [1.82, 2.24) is 4.90 Å². The second kappa shape index (κ2) is 2.99. The van der Waals surface area contributed by atoms with Crippen molar-refractivity contribution in [2.45, 2.75) is 12.3 Å². The van der Waals surface area contributed by atoms with E-state index in [0.717, 1.165) is 0 Å². The van der Waals surface area contributed by atoms with Crippen molar-refractivity contribution in [3.05, 3.63) is 0 Å². The summed E-state index contributed by atoms with van der Waals surface area (Å²) in [7, 11) is 0. The van der Waals surface area contributed by atoms with Crippen LogP contribution in [0.2, 0.25) is 0 Å². The summed E-state index contributed by atoms with van der Waals surface area (Å²) in [4.78, 5) is 2.35. The lowest BCUT2D eigenvalue weighted by molar-refractivity contribution is 0.351. The summed E-state index contributed by atoms with van der Waals surface area (Å²) in [5.41, 5.74) is 0. The number of hydrogen-bond donors (Lipinski definition) is 1. The third-order valence-corrected chi connectivity index (χ3v) is 2.62. The summed E-state index contributed by atoms with van der Waals surface area (Å²) in [6.07, 6.45) is 0. The first-order chi connectivity index (χ1) is 3.80. The fraction of sp³-hybridized carbons (Fsp3) is 1.00. The van der Waals surface area contributed by atoms with Gasteiger partial charge in [-0.1, -0.05) is 0 Å². The summed E-state index contributed by atoms with van der Waals surface area (Å²) >= 11 is 6.29. The Hall–Kier alpha value is 0.660. The smallest absolute Gasteiger partial charge is 0.0507 e. The molecule has 0 N–H and O–H groups in total. The van der Waals surface area contributed by atoms with Crippen LogP contribution < -0.4 is 0 Å². The molecule has 48 valence electrons. The maximum Gasteiger partial charge on any atom is 0.0507 e. The molecule has 0 aromatic heterocycles. The first kappa shape index (κ1) is 6.78. The Morgan fingerprint density at radius 3 is 2.75 bits per heavy atom. The third kappa shape index (κ3) is 1.57. The van der Waals surface area contributed by atoms with Crippen molar-refractivity contribution >= 4 is 24.4 Å². The minimum absolute atomic E-state index is 0.449. The van der Waals surface area contributed by atoms with Gasteiger partial charge in [0.25, 0.3) is 0 Å². The number of thioether (sulfide) groups is 1. The number of hydrogen-bond acceptors (Lipinski definition) is 3. The van der Waals surface area contributed by atoms with Crippen LogP contribution in [0.3, 0.4) is 0 Å². The van der Waals surface area contributed by atoms with Crippen LogP contribution in [-0.2, 0) is 0 Å². The van der Waals surface area contributed by atoms with E-state index in [1.165, 1.54) is 18.2 Å². The van der Waals surface area contributed by atoms with E-state index >= 15 is 0 Å². The first-order valence-electron chi connectivity index (χ1n) is 2.80. The zero-order chi connectivity index (χ0) is 5.98. The predicted octanol–water partition coefficient (Wildman–Crippen LogP) is 1.27. The molecule has 1 atom stereocenters. The Bertz CT molecular complexity index is 68.8. The Kier molecular flexibility index (Phi) is 2.53. The van der Waals surface area contributed by atoms with Crippen molar-refractivity contribution in [2.24, 2.45) is 0 Å². The highest BCUT2D eigenvalue weighted by Crippen LogP contribution is 2.17. The molecule has 1 aliphatic rings. The van der Waals surface area contributed by atoms with Gasteiger partial charge in [0.05, 0.1) is 5.37 Å². The molecule has 1 unspecified atom stereocenters. The van der Waals surface area contributed by atoms with Gasteiger partial charge < -0.3 is 0 Å². The molecule has 0 spiro atoms. The summed E-state index contributed by atoms with van der Waals surface area (Å²) in [5, 5.41) is 0.449. The minimum Gasteiger partial charge on any atom is -0.282 e. The third-order valence-electron chi connectivity index (χ3n) is 1.31. The van der Waals surface area contributed by atoms with Crippen molar-refractivity contribution in [1.29, 1.82) is 0 Å². The minimum atomic E-state index is 0.449. The maximum atomic E-state index is 4.31. The highest BCUT2D eigenvalue weighted by Gasteiger charge is 2.14. The van der Waals surface area contributed by atoms with Crippen LogP contribution in [0.15, 0.2) is 0 Å². The second-order valence-electron chi connectivity index (χ2n) is 1.98. The van der Waals surface area contributed by atoms with E-state index in [2.05, 4.69) is 24.5 Å². The predicted molar refractivity (Wildman–Crippen MR) is 42.5 cm³/mol. The topological polar surface area (TPSA) is 3.24 Å². The molecule has 1 aliphatic heterocycles. The Balaban J connectivity index is 2.24. The van der Waals surface area contributed by atoms with E-state index < -0.39 is 0 Å². The van der Waals surface area contributed by atoms with Crippen LogP contribution in [0, 0.1) is 0 Å². The molecule has 3 heteroatoms. The molecule has 0 aromatic carbocycles. The van der Waals surface area contributed by atoms with Gasteiger partial charge in [0.15, 0.2) is 0 Å². The van der Waals surface area contributed by atoms with E-state index in [9.17, 15) is 0 Å². The van der Waals surface area contributed by atoms with Crippen LogP contribution >= 0.6 is 24.4 Å². The molecule has 0 radical (unpaired) electrons. The van der Waals surface area contributed by atoms with Gasteiger partial charge in [-0.15, -0.1) is 11.8 Å². The molecule has 0 aliphatic carbocycles. The van der Waals surface area contributed by atoms with Gasteiger partial charge in [-0.2, -0.15) is 12.6 Å². The van der Waals surface area contributed by atoms with E-state index in [0.29, 0.717) is 5.37 Å². The highest BCUT2D eigenvalue weighted by molar-refractivity contribution is 7.99. The number of thiol groups is 1. The van der Waals surface area contributed by atoms with Crippen LogP contribution in [0.4, 0.5) is 0 Å². The molecule has 1 rings (SSSR count). The van der Waals surface area contributed by atoms with Gasteiger partial charge in [-0.25, -0.2) is 0 Å². The molecular weight excluding hydrogens is 138 g/mol. The summed E-state index contributed by atoms with van der Waals surface area (Å²) in [5.74, 6) is 2.45. The average molecular weight is 149 g/mol. The SMILES string of the molecule is CC(S)N1CCSC1. The lowest BCUT2D eigenvalue weighted by Gasteiger charge is -2.16. The molecule has 8 heavy (non-hydrogen) atoms. The molecule has 0 bridgehead atoms. The number of rotatable bonds is 1. The van der Waals surface area contributed by atoms with Crippen LogP contribution in [0.5, 0.6) is 0 Å². The first-order valence-corrected chi connectivity index (χ1v) is 4.47. The lowest BCUT2D eigenvalue weighted by atomic mass is 10.6. The van der Waals surface area contributed by atoms with Gasteiger partial charge in [-0.3, -0.25) is 4.90 Å². The van der Waals surface area contributed by atoms with Crippen molar-refractivity contribution < 1.29 is 0 Å². The van der Waals surface area contributed by atoms with Gasteiger partial charge in [-0.05, 0) is 6.92 Å². The van der Waals surface area contributed by atoms with Gasteiger partial charge >= 0.3 is 0 Å². The Labute approximate surface area is 60.2 Å². The second-order valence-corrected chi connectivity index (χ2v) is 3.80. The Morgan fingerprint density at radius 2 is 2.50 bits per heavy atom. The molecule has 0 aromatic rings. The van der Waals surface area contributed by atoms with E-state index in [-0.39, 0.29) is 0 Å². The highest BCUT2D eigenvalue weighted by atomic mass is 32.2. The van der Waals surface area contributed by atoms with Crippen molar-refractivity contribution in [3.8, 4) is 0 Å². The van der Waals surface area contributed by atoms with Gasteiger partial charge in [0.2, 0.25) is 0 Å². The van der Waals surface area contributed by atoms with Crippen molar-refractivity contribution in [2.75, 3.05) is 18.2 Å². The molecule has 1 saturated heterocycles. The maximum absolute atomic E-state index is 4.31. The summed E-state index contributed by atoms with van der Waals surface area (Å²) < 4.78 is 0.